The van der Waals surface area contributed by atoms with Gasteiger partial charge in [0.2, 0.25) is 0 Å². The monoisotopic (exact) mass is 338 g/mol. The summed E-state index contributed by atoms with van der Waals surface area (Å²) in [5.41, 5.74) is 4.53. The Bertz CT molecular complexity index is 867. The molecule has 3 aromatic rings. The number of ether oxygens (including phenoxy) is 1. The zero-order valence-electron chi connectivity index (χ0n) is 13.3. The van der Waals surface area contributed by atoms with Gasteiger partial charge in [0.15, 0.2) is 5.82 Å². The number of rotatable bonds is 6. The lowest BCUT2D eigenvalue weighted by Gasteiger charge is -2.07. The predicted octanol–water partition coefficient (Wildman–Crippen LogP) is 4.99. The second-order valence-corrected chi connectivity index (χ2v) is 5.34. The van der Waals surface area contributed by atoms with Gasteiger partial charge in [-0.05, 0) is 35.4 Å². The molecule has 0 aliphatic heterocycles. The van der Waals surface area contributed by atoms with E-state index in [1.54, 1.807) is 0 Å². The van der Waals surface area contributed by atoms with Gasteiger partial charge in [0.05, 0.1) is 11.9 Å². The molecule has 3 nitrogen and oxygen atoms in total. The molecule has 0 unspecified atom stereocenters. The smallest absolute Gasteiger partial charge is 0.151 e. The van der Waals surface area contributed by atoms with E-state index in [1.165, 1.54) is 18.3 Å². The van der Waals surface area contributed by atoms with Gasteiger partial charge in [-0.2, -0.15) is 5.10 Å². The Labute approximate surface area is 144 Å². The van der Waals surface area contributed by atoms with Crippen LogP contribution < -0.4 is 10.2 Å². The quantitative estimate of drug-likeness (QED) is 0.507. The molecule has 0 aromatic heterocycles. The van der Waals surface area contributed by atoms with Gasteiger partial charge in [-0.25, -0.2) is 8.78 Å². The van der Waals surface area contributed by atoms with E-state index in [2.05, 4.69) is 10.5 Å². The molecule has 0 radical (unpaired) electrons. The van der Waals surface area contributed by atoms with Gasteiger partial charge in [0.25, 0.3) is 0 Å². The Balaban J connectivity index is 1.61. The fourth-order valence-corrected chi connectivity index (χ4v) is 2.18. The molecule has 0 atom stereocenters. The van der Waals surface area contributed by atoms with E-state index in [0.29, 0.717) is 12.4 Å². The number of anilines is 1. The van der Waals surface area contributed by atoms with Crippen LogP contribution in [0.2, 0.25) is 0 Å². The van der Waals surface area contributed by atoms with Crippen LogP contribution in [0.25, 0.3) is 0 Å². The molecule has 1 N–H and O–H groups in total. The summed E-state index contributed by atoms with van der Waals surface area (Å²) < 4.78 is 32.1. The fraction of sp³-hybridized carbons (Fsp3) is 0.0500. The fourth-order valence-electron chi connectivity index (χ4n) is 2.18. The van der Waals surface area contributed by atoms with Crippen molar-refractivity contribution in [2.45, 2.75) is 6.61 Å². The summed E-state index contributed by atoms with van der Waals surface area (Å²) in [5, 5.41) is 3.97. The number of hydrogen-bond donors (Lipinski definition) is 1. The highest BCUT2D eigenvalue weighted by Crippen LogP contribution is 2.16. The molecule has 25 heavy (non-hydrogen) atoms. The highest BCUT2D eigenvalue weighted by molar-refractivity contribution is 5.80. The van der Waals surface area contributed by atoms with Gasteiger partial charge in [0, 0.05) is 6.07 Å². The molecular formula is C20H16F2N2O. The molecule has 0 amide bonds. The zero-order valence-corrected chi connectivity index (χ0v) is 13.3. The van der Waals surface area contributed by atoms with Crippen LogP contribution in [-0.4, -0.2) is 6.21 Å². The normalized spacial score (nSPS) is 10.8. The molecule has 0 heterocycles. The number of halogens is 2. The van der Waals surface area contributed by atoms with E-state index in [9.17, 15) is 8.78 Å². The maximum Gasteiger partial charge on any atom is 0.151 e. The lowest BCUT2D eigenvalue weighted by Crippen LogP contribution is -1.96. The minimum absolute atomic E-state index is 0.106. The molecule has 3 rings (SSSR count). The minimum atomic E-state index is -0.697. The molecule has 0 saturated carbocycles. The Morgan fingerprint density at radius 1 is 0.920 bits per heavy atom. The molecule has 0 aliphatic rings. The van der Waals surface area contributed by atoms with Crippen molar-refractivity contribution in [2.75, 3.05) is 5.43 Å². The highest BCUT2D eigenvalue weighted by Gasteiger charge is 2.02. The molecule has 0 saturated heterocycles. The van der Waals surface area contributed by atoms with Crippen LogP contribution in [0.1, 0.15) is 11.1 Å². The van der Waals surface area contributed by atoms with Gasteiger partial charge >= 0.3 is 0 Å². The Kier molecular flexibility index (Phi) is 5.36. The summed E-state index contributed by atoms with van der Waals surface area (Å²) in [6.07, 6.45) is 1.54. The number of nitrogens with one attached hydrogen (secondary N) is 1. The zero-order chi connectivity index (χ0) is 17.5. The first-order valence-electron chi connectivity index (χ1n) is 7.71. The number of hydrazone groups is 1. The van der Waals surface area contributed by atoms with E-state index >= 15 is 0 Å². The van der Waals surface area contributed by atoms with Gasteiger partial charge in [-0.15, -0.1) is 0 Å². The van der Waals surface area contributed by atoms with Crippen molar-refractivity contribution >= 4 is 11.9 Å². The van der Waals surface area contributed by atoms with Crippen molar-refractivity contribution in [3.8, 4) is 5.75 Å². The molecule has 0 aliphatic carbocycles. The van der Waals surface area contributed by atoms with Crippen LogP contribution >= 0.6 is 0 Å². The van der Waals surface area contributed by atoms with Crippen LogP contribution in [0.4, 0.5) is 14.5 Å². The molecule has 5 heteroatoms. The van der Waals surface area contributed by atoms with E-state index in [-0.39, 0.29) is 5.69 Å². The van der Waals surface area contributed by atoms with Gasteiger partial charge in [-0.1, -0.05) is 42.5 Å². The molecule has 0 bridgehead atoms. The van der Waals surface area contributed by atoms with Crippen molar-refractivity contribution in [2.24, 2.45) is 5.10 Å². The molecule has 126 valence electrons. The molecule has 3 aromatic carbocycles. The lowest BCUT2D eigenvalue weighted by atomic mass is 10.2. The van der Waals surface area contributed by atoms with Crippen molar-refractivity contribution < 1.29 is 13.5 Å². The van der Waals surface area contributed by atoms with Crippen LogP contribution in [-0.2, 0) is 6.61 Å². The summed E-state index contributed by atoms with van der Waals surface area (Å²) in [5.74, 6) is -0.617. The summed E-state index contributed by atoms with van der Waals surface area (Å²) in [6, 6.07) is 20.5. The largest absolute Gasteiger partial charge is 0.489 e. The van der Waals surface area contributed by atoms with E-state index < -0.39 is 11.6 Å². The maximum atomic E-state index is 13.5. The topological polar surface area (TPSA) is 33.6 Å². The number of hydrogen-bond acceptors (Lipinski definition) is 3. The Hall–Kier alpha value is -3.21. The van der Waals surface area contributed by atoms with Crippen molar-refractivity contribution in [3.63, 3.8) is 0 Å². The minimum Gasteiger partial charge on any atom is -0.489 e. The molecule has 0 fully saturated rings. The third-order valence-electron chi connectivity index (χ3n) is 3.44. The van der Waals surface area contributed by atoms with Crippen LogP contribution in [0.15, 0.2) is 77.9 Å². The molecular weight excluding hydrogens is 322 g/mol. The first-order chi connectivity index (χ1) is 12.2. The van der Waals surface area contributed by atoms with E-state index in [4.69, 9.17) is 4.74 Å². The predicted molar refractivity (Wildman–Crippen MR) is 94.8 cm³/mol. The van der Waals surface area contributed by atoms with Crippen LogP contribution in [0.5, 0.6) is 5.75 Å². The van der Waals surface area contributed by atoms with Crippen molar-refractivity contribution in [1.29, 1.82) is 0 Å². The number of benzene rings is 3. The summed E-state index contributed by atoms with van der Waals surface area (Å²) in [7, 11) is 0. The molecule has 0 spiro atoms. The van der Waals surface area contributed by atoms with Crippen LogP contribution in [0, 0.1) is 11.6 Å². The second-order valence-electron chi connectivity index (χ2n) is 5.34. The van der Waals surface area contributed by atoms with Crippen molar-refractivity contribution in [3.05, 3.63) is 95.6 Å². The highest BCUT2D eigenvalue weighted by atomic mass is 19.1. The third-order valence-corrected chi connectivity index (χ3v) is 3.44. The standard InChI is InChI=1S/C20H16F2N2O/c21-17-9-10-20(19(22)12-17)24-23-13-16-7-4-8-18(11-16)25-14-15-5-2-1-3-6-15/h1-13,24H,14H2/b23-13+. The Morgan fingerprint density at radius 3 is 2.56 bits per heavy atom. The maximum absolute atomic E-state index is 13.5. The summed E-state index contributed by atoms with van der Waals surface area (Å²) in [4.78, 5) is 0. The summed E-state index contributed by atoms with van der Waals surface area (Å²) >= 11 is 0. The average molecular weight is 338 g/mol. The third kappa shape index (κ3) is 4.88. The van der Waals surface area contributed by atoms with E-state index in [1.807, 2.05) is 54.6 Å². The van der Waals surface area contributed by atoms with Gasteiger partial charge < -0.3 is 4.74 Å². The Morgan fingerprint density at radius 2 is 1.76 bits per heavy atom. The van der Waals surface area contributed by atoms with E-state index in [0.717, 1.165) is 17.2 Å². The first-order valence-corrected chi connectivity index (χ1v) is 7.71. The van der Waals surface area contributed by atoms with Crippen molar-refractivity contribution in [1.82, 2.24) is 0 Å². The van der Waals surface area contributed by atoms with Crippen LogP contribution in [0.3, 0.4) is 0 Å². The average Bonchev–Trinajstić information content (AvgIpc) is 2.63. The van der Waals surface area contributed by atoms with Gasteiger partial charge in [-0.3, -0.25) is 5.43 Å². The lowest BCUT2D eigenvalue weighted by molar-refractivity contribution is 0.306. The summed E-state index contributed by atoms with van der Waals surface area (Å²) in [6.45, 7) is 0.473. The first kappa shape index (κ1) is 16.6. The second kappa shape index (κ2) is 8.06. The number of nitrogens with zero attached hydrogens (tertiary/aromatic N) is 1. The SMILES string of the molecule is Fc1ccc(N/N=C/c2cccc(OCc3ccccc3)c2)c(F)c1. The van der Waals surface area contributed by atoms with Gasteiger partial charge in [0.1, 0.15) is 18.2 Å².